The molecule has 108 valence electrons. The molecule has 0 aromatic carbocycles. The van der Waals surface area contributed by atoms with Gasteiger partial charge in [-0.15, -0.1) is 0 Å². The Morgan fingerprint density at radius 2 is 2.16 bits per heavy atom. The summed E-state index contributed by atoms with van der Waals surface area (Å²) in [4.78, 5) is 2.49. The van der Waals surface area contributed by atoms with Crippen LogP contribution in [0.25, 0.3) is 0 Å². The number of rotatable bonds is 6. The minimum absolute atomic E-state index is 0.447. The number of piperidine rings is 1. The molecule has 4 nitrogen and oxygen atoms in total. The molecular formula is C15H26N2O2. The molecule has 1 N–H and O–H groups in total. The van der Waals surface area contributed by atoms with E-state index in [0.717, 1.165) is 44.8 Å². The van der Waals surface area contributed by atoms with Crippen LogP contribution in [0.15, 0.2) is 16.7 Å². The fraction of sp³-hybridized carbons (Fsp3) is 0.733. The molecule has 0 aliphatic carbocycles. The lowest BCUT2D eigenvalue weighted by molar-refractivity contribution is 0.0387. The number of nitrogens with one attached hydrogen (secondary N) is 1. The quantitative estimate of drug-likeness (QED) is 0.858. The summed E-state index contributed by atoms with van der Waals surface area (Å²) >= 11 is 0. The van der Waals surface area contributed by atoms with Crippen molar-refractivity contribution in [3.63, 3.8) is 0 Å². The molecule has 1 aromatic rings. The normalized spacial score (nSPS) is 18.3. The summed E-state index contributed by atoms with van der Waals surface area (Å²) in [6, 6.07) is 2.58. The van der Waals surface area contributed by atoms with Crippen LogP contribution < -0.4 is 5.32 Å². The third-order valence-corrected chi connectivity index (χ3v) is 3.77. The Kier molecular flexibility index (Phi) is 5.43. The molecule has 2 heterocycles. The zero-order valence-electron chi connectivity index (χ0n) is 12.3. The molecule has 0 saturated carbocycles. The van der Waals surface area contributed by atoms with Crippen LogP contribution in [-0.2, 0) is 17.8 Å². The van der Waals surface area contributed by atoms with Crippen molar-refractivity contribution in [2.45, 2.75) is 51.9 Å². The van der Waals surface area contributed by atoms with Crippen LogP contribution in [0.2, 0.25) is 0 Å². The fourth-order valence-corrected chi connectivity index (χ4v) is 2.50. The molecule has 4 heteroatoms. The van der Waals surface area contributed by atoms with Crippen LogP contribution in [0.4, 0.5) is 0 Å². The largest absolute Gasteiger partial charge is 0.468 e. The van der Waals surface area contributed by atoms with E-state index in [1.54, 1.807) is 6.26 Å². The Balaban J connectivity index is 1.84. The lowest BCUT2D eigenvalue weighted by Crippen LogP contribution is -2.36. The van der Waals surface area contributed by atoms with Gasteiger partial charge in [-0.2, -0.15) is 0 Å². The lowest BCUT2D eigenvalue weighted by atomic mass is 10.1. The number of furan rings is 1. The zero-order chi connectivity index (χ0) is 13.7. The topological polar surface area (TPSA) is 37.6 Å². The first-order chi connectivity index (χ1) is 9.19. The predicted molar refractivity (Wildman–Crippen MR) is 76.0 cm³/mol. The first-order valence-corrected chi connectivity index (χ1v) is 7.23. The van der Waals surface area contributed by atoms with Crippen molar-refractivity contribution >= 4 is 0 Å². The van der Waals surface area contributed by atoms with E-state index in [1.165, 1.54) is 5.56 Å². The minimum atomic E-state index is 0.447. The summed E-state index contributed by atoms with van der Waals surface area (Å²) in [6.07, 6.45) is 4.51. The maximum Gasteiger partial charge on any atom is 0.122 e. The number of hydrogen-bond acceptors (Lipinski definition) is 4. The molecule has 0 unspecified atom stereocenters. The lowest BCUT2D eigenvalue weighted by Gasteiger charge is -2.31. The molecular weight excluding hydrogens is 240 g/mol. The fourth-order valence-electron chi connectivity index (χ4n) is 2.50. The standard InChI is InChI=1S/C15H26N2O2/c1-12(2)16-10-15-13(6-9-19-15)11-17-7-4-14(18-3)5-8-17/h6,9,12,14,16H,4-5,7-8,10-11H2,1-3H3. The van der Waals surface area contributed by atoms with E-state index in [0.29, 0.717) is 12.1 Å². The van der Waals surface area contributed by atoms with E-state index in [9.17, 15) is 0 Å². The third-order valence-electron chi connectivity index (χ3n) is 3.77. The smallest absolute Gasteiger partial charge is 0.122 e. The number of methoxy groups -OCH3 is 1. The highest BCUT2D eigenvalue weighted by molar-refractivity contribution is 5.17. The molecule has 1 aromatic heterocycles. The highest BCUT2D eigenvalue weighted by atomic mass is 16.5. The van der Waals surface area contributed by atoms with Gasteiger partial charge in [0, 0.05) is 38.3 Å². The van der Waals surface area contributed by atoms with Gasteiger partial charge >= 0.3 is 0 Å². The third kappa shape index (κ3) is 4.34. The maximum atomic E-state index is 5.59. The van der Waals surface area contributed by atoms with Crippen LogP contribution in [0, 0.1) is 0 Å². The van der Waals surface area contributed by atoms with Crippen LogP contribution in [-0.4, -0.2) is 37.2 Å². The van der Waals surface area contributed by atoms with Gasteiger partial charge in [-0.1, -0.05) is 13.8 Å². The Hall–Kier alpha value is -0.840. The van der Waals surface area contributed by atoms with E-state index >= 15 is 0 Å². The Labute approximate surface area is 116 Å². The van der Waals surface area contributed by atoms with Crippen LogP contribution >= 0.6 is 0 Å². The summed E-state index contributed by atoms with van der Waals surface area (Å²) in [5, 5.41) is 3.41. The second kappa shape index (κ2) is 7.08. The van der Waals surface area contributed by atoms with Gasteiger partial charge in [-0.05, 0) is 18.9 Å². The van der Waals surface area contributed by atoms with Crippen molar-refractivity contribution in [3.8, 4) is 0 Å². The zero-order valence-corrected chi connectivity index (χ0v) is 12.3. The van der Waals surface area contributed by atoms with E-state index in [1.807, 2.05) is 7.11 Å². The molecule has 1 aliphatic heterocycles. The monoisotopic (exact) mass is 266 g/mol. The second-order valence-electron chi connectivity index (χ2n) is 5.62. The average molecular weight is 266 g/mol. The minimum Gasteiger partial charge on any atom is -0.468 e. The van der Waals surface area contributed by atoms with Gasteiger partial charge in [0.2, 0.25) is 0 Å². The van der Waals surface area contributed by atoms with Crippen LogP contribution in [0.5, 0.6) is 0 Å². The Morgan fingerprint density at radius 1 is 1.42 bits per heavy atom. The highest BCUT2D eigenvalue weighted by Crippen LogP contribution is 2.18. The first-order valence-electron chi connectivity index (χ1n) is 7.23. The molecule has 0 bridgehead atoms. The molecule has 0 spiro atoms. The molecule has 1 fully saturated rings. The van der Waals surface area contributed by atoms with E-state index in [2.05, 4.69) is 30.1 Å². The first kappa shape index (κ1) is 14.6. The Bertz CT molecular complexity index is 368. The molecule has 0 amide bonds. The molecule has 0 radical (unpaired) electrons. The Morgan fingerprint density at radius 3 is 2.79 bits per heavy atom. The maximum absolute atomic E-state index is 5.59. The second-order valence-corrected chi connectivity index (χ2v) is 5.62. The van der Waals surface area contributed by atoms with Gasteiger partial charge in [0.25, 0.3) is 0 Å². The van der Waals surface area contributed by atoms with Gasteiger partial charge < -0.3 is 14.5 Å². The number of likely N-dealkylation sites (tertiary alicyclic amines) is 1. The van der Waals surface area contributed by atoms with Crippen molar-refractivity contribution in [1.29, 1.82) is 0 Å². The summed E-state index contributed by atoms with van der Waals surface area (Å²) in [7, 11) is 1.81. The SMILES string of the molecule is COC1CCN(Cc2ccoc2CNC(C)C)CC1. The van der Waals surface area contributed by atoms with Crippen molar-refractivity contribution in [2.75, 3.05) is 20.2 Å². The highest BCUT2D eigenvalue weighted by Gasteiger charge is 2.20. The number of nitrogens with zero attached hydrogens (tertiary/aromatic N) is 1. The van der Waals surface area contributed by atoms with E-state index < -0.39 is 0 Å². The summed E-state index contributed by atoms with van der Waals surface area (Å²) in [5.41, 5.74) is 1.31. The van der Waals surface area contributed by atoms with E-state index in [4.69, 9.17) is 9.15 Å². The van der Waals surface area contributed by atoms with Gasteiger partial charge in [-0.25, -0.2) is 0 Å². The average Bonchev–Trinajstić information content (AvgIpc) is 2.84. The van der Waals surface area contributed by atoms with Crippen molar-refractivity contribution in [1.82, 2.24) is 10.2 Å². The summed E-state index contributed by atoms with van der Waals surface area (Å²) in [6.45, 7) is 8.33. The molecule has 1 aliphatic rings. The number of ether oxygens (including phenoxy) is 1. The van der Waals surface area contributed by atoms with Gasteiger partial charge in [0.15, 0.2) is 0 Å². The van der Waals surface area contributed by atoms with Crippen molar-refractivity contribution in [3.05, 3.63) is 23.7 Å². The van der Waals surface area contributed by atoms with Crippen LogP contribution in [0.3, 0.4) is 0 Å². The summed E-state index contributed by atoms with van der Waals surface area (Å²) < 4.78 is 11.0. The molecule has 2 rings (SSSR count). The van der Waals surface area contributed by atoms with Gasteiger partial charge in [-0.3, -0.25) is 4.90 Å². The molecule has 1 saturated heterocycles. The number of hydrogen-bond donors (Lipinski definition) is 1. The van der Waals surface area contributed by atoms with Crippen molar-refractivity contribution in [2.24, 2.45) is 0 Å². The summed E-state index contributed by atoms with van der Waals surface area (Å²) in [5.74, 6) is 1.07. The molecule has 19 heavy (non-hydrogen) atoms. The van der Waals surface area contributed by atoms with Gasteiger partial charge in [0.1, 0.15) is 5.76 Å². The van der Waals surface area contributed by atoms with Crippen molar-refractivity contribution < 1.29 is 9.15 Å². The van der Waals surface area contributed by atoms with Gasteiger partial charge in [0.05, 0.1) is 18.9 Å². The van der Waals surface area contributed by atoms with E-state index in [-0.39, 0.29) is 0 Å². The predicted octanol–water partition coefficient (Wildman–Crippen LogP) is 2.39. The van der Waals surface area contributed by atoms with Crippen LogP contribution in [0.1, 0.15) is 38.0 Å². The molecule has 0 atom stereocenters.